The normalized spacial score (nSPS) is 12.3. The molecule has 2 aromatic carbocycles. The van der Waals surface area contributed by atoms with Crippen LogP contribution in [0.25, 0.3) is 0 Å². The fourth-order valence-electron chi connectivity index (χ4n) is 2.09. The molecule has 0 heterocycles. The topological polar surface area (TPSA) is 9.23 Å². The first kappa shape index (κ1) is 15.2. The van der Waals surface area contributed by atoms with E-state index in [1.54, 1.807) is 13.2 Å². The molecule has 0 saturated heterocycles. The van der Waals surface area contributed by atoms with E-state index in [9.17, 15) is 4.39 Å². The van der Waals surface area contributed by atoms with E-state index in [0.717, 1.165) is 24.2 Å². The third kappa shape index (κ3) is 4.15. The number of benzene rings is 2. The van der Waals surface area contributed by atoms with E-state index < -0.39 is 0 Å². The Morgan fingerprint density at radius 3 is 2.45 bits per heavy atom. The van der Waals surface area contributed by atoms with E-state index in [2.05, 4.69) is 40.2 Å². The van der Waals surface area contributed by atoms with Gasteiger partial charge in [-0.15, -0.1) is 0 Å². The number of rotatable bonds is 6. The van der Waals surface area contributed by atoms with Crippen LogP contribution in [0.1, 0.15) is 21.5 Å². The molecule has 2 aromatic rings. The molecule has 0 fully saturated rings. The standard InChI is InChI=1S/C17H18BrFO/c1-20-11-10-13-6-8-14(9-7-13)16(18)12-15-4-2-3-5-17(15)19/h2-9,16H,10-12H2,1H3. The van der Waals surface area contributed by atoms with Crippen molar-refractivity contribution in [3.8, 4) is 0 Å². The van der Waals surface area contributed by atoms with Crippen molar-refractivity contribution in [1.29, 1.82) is 0 Å². The maximum atomic E-state index is 13.6. The maximum absolute atomic E-state index is 13.6. The first-order valence-corrected chi connectivity index (χ1v) is 7.57. The van der Waals surface area contributed by atoms with Crippen molar-refractivity contribution in [3.63, 3.8) is 0 Å². The second-order valence-electron chi connectivity index (χ2n) is 4.75. The van der Waals surface area contributed by atoms with Crippen LogP contribution in [0.2, 0.25) is 0 Å². The zero-order chi connectivity index (χ0) is 14.4. The van der Waals surface area contributed by atoms with E-state index in [0.29, 0.717) is 6.42 Å². The molecule has 0 aliphatic heterocycles. The molecule has 106 valence electrons. The van der Waals surface area contributed by atoms with E-state index in [1.807, 2.05) is 12.1 Å². The minimum atomic E-state index is -0.145. The van der Waals surface area contributed by atoms with Gasteiger partial charge in [0.25, 0.3) is 0 Å². The predicted octanol–water partition coefficient (Wildman–Crippen LogP) is 4.69. The van der Waals surface area contributed by atoms with Gasteiger partial charge in [0.2, 0.25) is 0 Å². The Bertz CT molecular complexity index is 539. The van der Waals surface area contributed by atoms with Crippen molar-refractivity contribution >= 4 is 15.9 Å². The number of hydrogen-bond donors (Lipinski definition) is 0. The number of hydrogen-bond acceptors (Lipinski definition) is 1. The molecule has 3 heteroatoms. The van der Waals surface area contributed by atoms with Crippen LogP contribution in [0.4, 0.5) is 4.39 Å². The van der Waals surface area contributed by atoms with E-state index in [-0.39, 0.29) is 10.6 Å². The summed E-state index contributed by atoms with van der Waals surface area (Å²) in [5, 5.41) is 0. The Labute approximate surface area is 127 Å². The molecule has 1 unspecified atom stereocenters. The van der Waals surface area contributed by atoms with E-state index in [4.69, 9.17) is 4.74 Å². The van der Waals surface area contributed by atoms with Crippen molar-refractivity contribution in [2.45, 2.75) is 17.7 Å². The van der Waals surface area contributed by atoms with Crippen molar-refractivity contribution < 1.29 is 9.13 Å². The summed E-state index contributed by atoms with van der Waals surface area (Å²) in [6.07, 6.45) is 1.56. The molecule has 0 aromatic heterocycles. The van der Waals surface area contributed by atoms with Crippen molar-refractivity contribution in [1.82, 2.24) is 0 Å². The summed E-state index contributed by atoms with van der Waals surface area (Å²) in [5.74, 6) is -0.145. The number of halogens is 2. The Morgan fingerprint density at radius 1 is 1.10 bits per heavy atom. The summed E-state index contributed by atoms with van der Waals surface area (Å²) < 4.78 is 18.7. The minimum Gasteiger partial charge on any atom is -0.384 e. The van der Waals surface area contributed by atoms with Gasteiger partial charge < -0.3 is 4.74 Å². The van der Waals surface area contributed by atoms with Crippen LogP contribution in [-0.4, -0.2) is 13.7 Å². The van der Waals surface area contributed by atoms with Gasteiger partial charge in [-0.05, 0) is 35.6 Å². The van der Waals surface area contributed by atoms with Crippen LogP contribution in [-0.2, 0) is 17.6 Å². The van der Waals surface area contributed by atoms with E-state index >= 15 is 0 Å². The van der Waals surface area contributed by atoms with Gasteiger partial charge in [-0.2, -0.15) is 0 Å². The largest absolute Gasteiger partial charge is 0.384 e. The molecule has 1 atom stereocenters. The summed E-state index contributed by atoms with van der Waals surface area (Å²) in [7, 11) is 1.71. The van der Waals surface area contributed by atoms with Gasteiger partial charge in [0.1, 0.15) is 5.82 Å². The van der Waals surface area contributed by atoms with E-state index in [1.165, 1.54) is 11.6 Å². The lowest BCUT2D eigenvalue weighted by atomic mass is 10.0. The molecule has 0 amide bonds. The third-order valence-corrected chi connectivity index (χ3v) is 4.15. The summed E-state index contributed by atoms with van der Waals surface area (Å²) in [6, 6.07) is 15.3. The smallest absolute Gasteiger partial charge is 0.126 e. The molecular weight excluding hydrogens is 319 g/mol. The average Bonchev–Trinajstić information content (AvgIpc) is 2.48. The fraction of sp³-hybridized carbons (Fsp3) is 0.294. The lowest BCUT2D eigenvalue weighted by molar-refractivity contribution is 0.202. The van der Waals surface area contributed by atoms with Crippen molar-refractivity contribution in [3.05, 3.63) is 71.0 Å². The molecule has 0 N–H and O–H groups in total. The van der Waals surface area contributed by atoms with Crippen LogP contribution in [0.15, 0.2) is 48.5 Å². The first-order valence-electron chi connectivity index (χ1n) is 6.66. The molecule has 0 spiro atoms. The molecular formula is C17H18BrFO. The van der Waals surface area contributed by atoms with Gasteiger partial charge in [-0.25, -0.2) is 4.39 Å². The van der Waals surface area contributed by atoms with Crippen LogP contribution >= 0.6 is 15.9 Å². The highest BCUT2D eigenvalue weighted by Crippen LogP contribution is 2.28. The Morgan fingerprint density at radius 2 is 1.80 bits per heavy atom. The van der Waals surface area contributed by atoms with Gasteiger partial charge >= 0.3 is 0 Å². The highest BCUT2D eigenvalue weighted by molar-refractivity contribution is 9.09. The monoisotopic (exact) mass is 336 g/mol. The molecule has 0 saturated carbocycles. The van der Waals surface area contributed by atoms with Gasteiger partial charge in [0.05, 0.1) is 6.61 Å². The van der Waals surface area contributed by atoms with Crippen LogP contribution in [0, 0.1) is 5.82 Å². The van der Waals surface area contributed by atoms with Gasteiger partial charge in [-0.3, -0.25) is 0 Å². The maximum Gasteiger partial charge on any atom is 0.126 e. The zero-order valence-electron chi connectivity index (χ0n) is 11.5. The number of ether oxygens (including phenoxy) is 1. The second-order valence-corrected chi connectivity index (χ2v) is 5.85. The Hall–Kier alpha value is -1.19. The van der Waals surface area contributed by atoms with Crippen LogP contribution in [0.5, 0.6) is 0 Å². The lowest BCUT2D eigenvalue weighted by Crippen LogP contribution is -1.99. The molecule has 0 bridgehead atoms. The zero-order valence-corrected chi connectivity index (χ0v) is 13.1. The molecule has 0 radical (unpaired) electrons. The molecule has 0 aliphatic carbocycles. The number of alkyl halides is 1. The highest BCUT2D eigenvalue weighted by Gasteiger charge is 2.11. The second kappa shape index (κ2) is 7.55. The molecule has 1 nitrogen and oxygen atoms in total. The summed E-state index contributed by atoms with van der Waals surface area (Å²) in [6.45, 7) is 0.728. The fourth-order valence-corrected chi connectivity index (χ4v) is 2.74. The van der Waals surface area contributed by atoms with Crippen molar-refractivity contribution in [2.24, 2.45) is 0 Å². The Balaban J connectivity index is 2.02. The van der Waals surface area contributed by atoms with Crippen molar-refractivity contribution in [2.75, 3.05) is 13.7 Å². The lowest BCUT2D eigenvalue weighted by Gasteiger charge is -2.12. The Kier molecular flexibility index (Phi) is 5.74. The SMILES string of the molecule is COCCc1ccc(C(Br)Cc2ccccc2F)cc1. The van der Waals surface area contributed by atoms with Crippen LogP contribution in [0.3, 0.4) is 0 Å². The van der Waals surface area contributed by atoms with Crippen LogP contribution < -0.4 is 0 Å². The first-order chi connectivity index (χ1) is 9.70. The average molecular weight is 337 g/mol. The predicted molar refractivity (Wildman–Crippen MR) is 83.8 cm³/mol. The van der Waals surface area contributed by atoms with Gasteiger partial charge in [-0.1, -0.05) is 58.4 Å². The summed E-state index contributed by atoms with van der Waals surface area (Å²) >= 11 is 3.64. The van der Waals surface area contributed by atoms with Gasteiger partial charge in [0, 0.05) is 11.9 Å². The quantitative estimate of drug-likeness (QED) is 0.695. The summed E-state index contributed by atoms with van der Waals surface area (Å²) in [5.41, 5.74) is 3.15. The molecule has 0 aliphatic rings. The molecule has 20 heavy (non-hydrogen) atoms. The highest BCUT2D eigenvalue weighted by atomic mass is 79.9. The molecule has 2 rings (SSSR count). The summed E-state index contributed by atoms with van der Waals surface area (Å²) in [4.78, 5) is 0.121. The minimum absolute atomic E-state index is 0.121. The number of methoxy groups -OCH3 is 1. The third-order valence-electron chi connectivity index (χ3n) is 3.29. The van der Waals surface area contributed by atoms with Gasteiger partial charge in [0.15, 0.2) is 0 Å².